The number of primary amides is 1. The van der Waals surface area contributed by atoms with E-state index in [1.807, 2.05) is 6.07 Å². The van der Waals surface area contributed by atoms with Crippen molar-refractivity contribution in [3.8, 4) is 11.5 Å². The van der Waals surface area contributed by atoms with Crippen LogP contribution in [0.3, 0.4) is 0 Å². The first-order valence-electron chi connectivity index (χ1n) is 7.10. The van der Waals surface area contributed by atoms with E-state index in [1.54, 1.807) is 38.3 Å². The van der Waals surface area contributed by atoms with Crippen LogP contribution in [0, 0.1) is 5.82 Å². The van der Waals surface area contributed by atoms with Crippen molar-refractivity contribution in [2.24, 2.45) is 5.73 Å². The molecule has 0 fully saturated rings. The van der Waals surface area contributed by atoms with E-state index in [2.05, 4.69) is 5.32 Å². The lowest BCUT2D eigenvalue weighted by Gasteiger charge is -2.16. The molecule has 0 aliphatic rings. The Labute approximate surface area is 134 Å². The van der Waals surface area contributed by atoms with E-state index in [4.69, 9.17) is 15.2 Å². The molecule has 1 amide bonds. The normalized spacial score (nSPS) is 11.6. The Morgan fingerprint density at radius 2 is 2.09 bits per heavy atom. The second-order valence-electron chi connectivity index (χ2n) is 5.05. The van der Waals surface area contributed by atoms with Gasteiger partial charge >= 0.3 is 0 Å². The first-order chi connectivity index (χ1) is 11.0. The summed E-state index contributed by atoms with van der Waals surface area (Å²) < 4.78 is 23.9. The van der Waals surface area contributed by atoms with Gasteiger partial charge in [0.05, 0.1) is 12.8 Å². The molecule has 0 spiro atoms. The van der Waals surface area contributed by atoms with E-state index < -0.39 is 11.9 Å². The molecule has 2 rings (SSSR count). The predicted octanol–water partition coefficient (Wildman–Crippen LogP) is 2.70. The summed E-state index contributed by atoms with van der Waals surface area (Å²) in [6.07, 6.45) is 0. The molecule has 0 aliphatic carbocycles. The molecule has 0 aromatic heterocycles. The molecule has 0 bridgehead atoms. The highest BCUT2D eigenvalue weighted by Crippen LogP contribution is 2.27. The fourth-order valence-electron chi connectivity index (χ4n) is 1.99. The molecule has 0 saturated heterocycles. The number of benzene rings is 2. The number of hydrogen-bond donors (Lipinski definition) is 2. The Kier molecular flexibility index (Phi) is 5.41. The largest absolute Gasteiger partial charge is 0.495 e. The molecule has 23 heavy (non-hydrogen) atoms. The molecule has 3 N–H and O–H groups in total. The van der Waals surface area contributed by atoms with E-state index in [0.717, 1.165) is 5.56 Å². The standard InChI is InChI=1S/C17H19FN2O3/c1-11(17(19)21)20-15-8-12(6-7-16(15)22-2)10-23-14-5-3-4-13(18)9-14/h3-9,11,20H,10H2,1-2H3,(H2,19,21)/t11-/m1/s1. The Bertz CT molecular complexity index is 691. The maximum Gasteiger partial charge on any atom is 0.239 e. The third-order valence-corrected chi connectivity index (χ3v) is 3.26. The Morgan fingerprint density at radius 3 is 2.74 bits per heavy atom. The zero-order chi connectivity index (χ0) is 16.8. The van der Waals surface area contributed by atoms with Crippen molar-refractivity contribution in [2.45, 2.75) is 19.6 Å². The van der Waals surface area contributed by atoms with Gasteiger partial charge in [-0.1, -0.05) is 12.1 Å². The third-order valence-electron chi connectivity index (χ3n) is 3.26. The van der Waals surface area contributed by atoms with Crippen LogP contribution in [-0.2, 0) is 11.4 Å². The van der Waals surface area contributed by atoms with Crippen LogP contribution in [0.4, 0.5) is 10.1 Å². The summed E-state index contributed by atoms with van der Waals surface area (Å²) in [5, 5.41) is 2.99. The number of amides is 1. The summed E-state index contributed by atoms with van der Waals surface area (Å²) in [5.74, 6) is 0.219. The molecular formula is C17H19FN2O3. The fraction of sp³-hybridized carbons (Fsp3) is 0.235. The van der Waals surface area contributed by atoms with E-state index >= 15 is 0 Å². The van der Waals surface area contributed by atoms with Crippen molar-refractivity contribution in [2.75, 3.05) is 12.4 Å². The molecule has 0 aliphatic heterocycles. The molecule has 1 atom stereocenters. The van der Waals surface area contributed by atoms with Crippen LogP contribution in [0.25, 0.3) is 0 Å². The van der Waals surface area contributed by atoms with Gasteiger partial charge in [0, 0.05) is 6.07 Å². The summed E-state index contributed by atoms with van der Waals surface area (Å²) in [4.78, 5) is 11.2. The average Bonchev–Trinajstić information content (AvgIpc) is 2.53. The number of nitrogens with one attached hydrogen (secondary N) is 1. The monoisotopic (exact) mass is 318 g/mol. The average molecular weight is 318 g/mol. The van der Waals surface area contributed by atoms with E-state index in [-0.39, 0.29) is 12.4 Å². The summed E-state index contributed by atoms with van der Waals surface area (Å²) >= 11 is 0. The second-order valence-corrected chi connectivity index (χ2v) is 5.05. The predicted molar refractivity (Wildman–Crippen MR) is 86.0 cm³/mol. The van der Waals surface area contributed by atoms with E-state index in [9.17, 15) is 9.18 Å². The first-order valence-corrected chi connectivity index (χ1v) is 7.10. The molecule has 5 nitrogen and oxygen atoms in total. The van der Waals surface area contributed by atoms with Gasteiger partial charge in [-0.15, -0.1) is 0 Å². The van der Waals surface area contributed by atoms with E-state index in [0.29, 0.717) is 17.2 Å². The second kappa shape index (κ2) is 7.49. The molecule has 0 unspecified atom stereocenters. The highest BCUT2D eigenvalue weighted by atomic mass is 19.1. The Balaban J connectivity index is 2.12. The SMILES string of the molecule is COc1ccc(COc2cccc(F)c2)cc1N[C@H](C)C(N)=O. The van der Waals surface area contributed by atoms with Gasteiger partial charge in [-0.25, -0.2) is 4.39 Å². The van der Waals surface area contributed by atoms with Gasteiger partial charge in [0.25, 0.3) is 0 Å². The van der Waals surface area contributed by atoms with Gasteiger partial charge in [0.1, 0.15) is 30.0 Å². The molecule has 2 aromatic carbocycles. The van der Waals surface area contributed by atoms with Crippen LogP contribution >= 0.6 is 0 Å². The van der Waals surface area contributed by atoms with Gasteiger partial charge in [0.2, 0.25) is 5.91 Å². The van der Waals surface area contributed by atoms with Crippen molar-refractivity contribution >= 4 is 11.6 Å². The van der Waals surface area contributed by atoms with Gasteiger partial charge in [-0.3, -0.25) is 4.79 Å². The quantitative estimate of drug-likeness (QED) is 0.823. The number of rotatable bonds is 7. The summed E-state index contributed by atoms with van der Waals surface area (Å²) in [5.41, 5.74) is 6.74. The minimum Gasteiger partial charge on any atom is -0.495 e. The number of carbonyl (C=O) groups is 1. The highest BCUT2D eigenvalue weighted by molar-refractivity contribution is 5.83. The number of nitrogens with two attached hydrogens (primary N) is 1. The molecule has 0 heterocycles. The fourth-order valence-corrected chi connectivity index (χ4v) is 1.99. The van der Waals surface area contributed by atoms with E-state index in [1.165, 1.54) is 12.1 Å². The lowest BCUT2D eigenvalue weighted by molar-refractivity contribution is -0.118. The molecule has 122 valence electrons. The maximum absolute atomic E-state index is 13.1. The number of ether oxygens (including phenoxy) is 2. The molecule has 6 heteroatoms. The number of halogens is 1. The zero-order valence-corrected chi connectivity index (χ0v) is 13.0. The topological polar surface area (TPSA) is 73.6 Å². The van der Waals surface area contributed by atoms with Gasteiger partial charge in [-0.05, 0) is 36.8 Å². The van der Waals surface area contributed by atoms with Crippen LogP contribution in [-0.4, -0.2) is 19.1 Å². The Hall–Kier alpha value is -2.76. The summed E-state index contributed by atoms with van der Waals surface area (Å²) in [7, 11) is 1.54. The lowest BCUT2D eigenvalue weighted by Crippen LogP contribution is -2.32. The van der Waals surface area contributed by atoms with Crippen LogP contribution in [0.5, 0.6) is 11.5 Å². The van der Waals surface area contributed by atoms with Crippen LogP contribution < -0.4 is 20.5 Å². The maximum atomic E-state index is 13.1. The van der Waals surface area contributed by atoms with Crippen molar-refractivity contribution in [3.63, 3.8) is 0 Å². The number of anilines is 1. The van der Waals surface area contributed by atoms with Crippen molar-refractivity contribution in [1.82, 2.24) is 0 Å². The van der Waals surface area contributed by atoms with Crippen molar-refractivity contribution in [1.29, 1.82) is 0 Å². The molecule has 0 saturated carbocycles. The minimum atomic E-state index is -0.539. The first kappa shape index (κ1) is 16.6. The number of methoxy groups -OCH3 is 1. The Morgan fingerprint density at radius 1 is 1.30 bits per heavy atom. The zero-order valence-electron chi connectivity index (χ0n) is 13.0. The van der Waals surface area contributed by atoms with Gasteiger partial charge < -0.3 is 20.5 Å². The van der Waals surface area contributed by atoms with Crippen LogP contribution in [0.1, 0.15) is 12.5 Å². The smallest absolute Gasteiger partial charge is 0.239 e. The highest BCUT2D eigenvalue weighted by Gasteiger charge is 2.12. The number of carbonyl (C=O) groups excluding carboxylic acids is 1. The van der Waals surface area contributed by atoms with Crippen molar-refractivity contribution < 1.29 is 18.7 Å². The number of hydrogen-bond acceptors (Lipinski definition) is 4. The summed E-state index contributed by atoms with van der Waals surface area (Å²) in [6, 6.07) is 10.8. The van der Waals surface area contributed by atoms with Crippen LogP contribution in [0.2, 0.25) is 0 Å². The van der Waals surface area contributed by atoms with Crippen LogP contribution in [0.15, 0.2) is 42.5 Å². The van der Waals surface area contributed by atoms with Gasteiger partial charge in [0.15, 0.2) is 0 Å². The summed E-state index contributed by atoms with van der Waals surface area (Å²) in [6.45, 7) is 1.92. The minimum absolute atomic E-state index is 0.257. The molecule has 2 aromatic rings. The van der Waals surface area contributed by atoms with Crippen molar-refractivity contribution in [3.05, 3.63) is 53.8 Å². The lowest BCUT2D eigenvalue weighted by atomic mass is 10.1. The molecular weight excluding hydrogens is 299 g/mol. The molecule has 0 radical (unpaired) electrons. The van der Waals surface area contributed by atoms with Gasteiger partial charge in [-0.2, -0.15) is 0 Å². The third kappa shape index (κ3) is 4.60.